The molecule has 1 unspecified atom stereocenters. The Balaban J connectivity index is 1.69. The van der Waals surface area contributed by atoms with E-state index in [0.717, 1.165) is 12.8 Å². The van der Waals surface area contributed by atoms with Crippen LogP contribution in [0, 0.1) is 0 Å². The Morgan fingerprint density at radius 1 is 1.24 bits per heavy atom. The van der Waals surface area contributed by atoms with Crippen LogP contribution in [0.4, 0.5) is 0 Å². The fourth-order valence-corrected chi connectivity index (χ4v) is 1.99. The maximum absolute atomic E-state index is 11.7. The topological polar surface area (TPSA) is 67.9 Å². The summed E-state index contributed by atoms with van der Waals surface area (Å²) in [4.78, 5) is 25.0. The van der Waals surface area contributed by atoms with E-state index in [1.807, 2.05) is 0 Å². The zero-order valence-electron chi connectivity index (χ0n) is 9.81. The fourth-order valence-electron chi connectivity index (χ4n) is 1.99. The molecule has 96 valence electrons. The largest absolute Gasteiger partial charge is 0.378 e. The predicted octanol–water partition coefficient (Wildman–Crippen LogP) is -0.860. The molecule has 0 aromatic rings. The van der Waals surface area contributed by atoms with E-state index in [2.05, 4.69) is 5.32 Å². The standard InChI is InChI=1S/C11H18N2O4/c14-10(13-3-6-16-7-4-13)8-12-11(15)9-2-1-5-17-9/h9H,1-8H2,(H,12,15). The lowest BCUT2D eigenvalue weighted by Gasteiger charge is -2.27. The second-order valence-electron chi connectivity index (χ2n) is 4.21. The van der Waals surface area contributed by atoms with Crippen molar-refractivity contribution in [2.24, 2.45) is 0 Å². The Hall–Kier alpha value is -1.14. The van der Waals surface area contributed by atoms with Crippen LogP contribution in [0.3, 0.4) is 0 Å². The summed E-state index contributed by atoms with van der Waals surface area (Å²) in [5, 5.41) is 2.63. The molecule has 0 aliphatic carbocycles. The third-order valence-corrected chi connectivity index (χ3v) is 3.00. The van der Waals surface area contributed by atoms with Gasteiger partial charge in [0.1, 0.15) is 6.10 Å². The van der Waals surface area contributed by atoms with Crippen molar-refractivity contribution in [1.29, 1.82) is 0 Å². The number of amides is 2. The minimum absolute atomic E-state index is 0.0543. The van der Waals surface area contributed by atoms with Gasteiger partial charge in [-0.25, -0.2) is 0 Å². The monoisotopic (exact) mass is 242 g/mol. The van der Waals surface area contributed by atoms with Crippen molar-refractivity contribution in [3.05, 3.63) is 0 Å². The van der Waals surface area contributed by atoms with Crippen LogP contribution in [0.1, 0.15) is 12.8 Å². The van der Waals surface area contributed by atoms with E-state index in [9.17, 15) is 9.59 Å². The third kappa shape index (κ3) is 3.41. The van der Waals surface area contributed by atoms with Gasteiger partial charge in [0, 0.05) is 19.7 Å². The van der Waals surface area contributed by atoms with Crippen molar-refractivity contribution in [2.75, 3.05) is 39.5 Å². The van der Waals surface area contributed by atoms with Crippen LogP contribution in [0.15, 0.2) is 0 Å². The number of nitrogens with one attached hydrogen (secondary N) is 1. The molecule has 2 saturated heterocycles. The zero-order chi connectivity index (χ0) is 12.1. The zero-order valence-corrected chi connectivity index (χ0v) is 9.81. The van der Waals surface area contributed by atoms with Gasteiger partial charge in [-0.1, -0.05) is 0 Å². The Kier molecular flexibility index (Phi) is 4.33. The van der Waals surface area contributed by atoms with Gasteiger partial charge < -0.3 is 19.7 Å². The molecule has 1 N–H and O–H groups in total. The maximum atomic E-state index is 11.7. The van der Waals surface area contributed by atoms with E-state index in [-0.39, 0.29) is 24.5 Å². The van der Waals surface area contributed by atoms with E-state index in [1.54, 1.807) is 4.90 Å². The summed E-state index contributed by atoms with van der Waals surface area (Å²) in [6.45, 7) is 3.05. The van der Waals surface area contributed by atoms with Gasteiger partial charge in [-0.05, 0) is 12.8 Å². The van der Waals surface area contributed by atoms with Crippen LogP contribution >= 0.6 is 0 Å². The summed E-state index contributed by atoms with van der Waals surface area (Å²) in [6, 6.07) is 0. The highest BCUT2D eigenvalue weighted by Crippen LogP contribution is 2.11. The molecule has 0 radical (unpaired) electrons. The molecule has 1 atom stereocenters. The Bertz CT molecular complexity index is 283. The Morgan fingerprint density at radius 3 is 2.65 bits per heavy atom. The summed E-state index contributed by atoms with van der Waals surface area (Å²) in [5.41, 5.74) is 0. The molecule has 6 heteroatoms. The van der Waals surface area contributed by atoms with Gasteiger partial charge in [0.25, 0.3) is 0 Å². The third-order valence-electron chi connectivity index (χ3n) is 3.00. The summed E-state index contributed by atoms with van der Waals surface area (Å²) >= 11 is 0. The molecular weight excluding hydrogens is 224 g/mol. The Labute approximate surface area is 100 Å². The highest BCUT2D eigenvalue weighted by molar-refractivity contribution is 5.87. The number of morpholine rings is 1. The van der Waals surface area contributed by atoms with E-state index in [4.69, 9.17) is 9.47 Å². The average molecular weight is 242 g/mol. The number of hydrogen-bond acceptors (Lipinski definition) is 4. The number of carbonyl (C=O) groups is 2. The van der Waals surface area contributed by atoms with Crippen LogP contribution in [0.25, 0.3) is 0 Å². The molecule has 2 fully saturated rings. The molecule has 2 aliphatic rings. The first kappa shape index (κ1) is 12.3. The smallest absolute Gasteiger partial charge is 0.249 e. The lowest BCUT2D eigenvalue weighted by atomic mass is 10.2. The van der Waals surface area contributed by atoms with Crippen LogP contribution in [-0.4, -0.2) is 62.3 Å². The van der Waals surface area contributed by atoms with Gasteiger partial charge in [-0.3, -0.25) is 9.59 Å². The molecule has 0 saturated carbocycles. The second-order valence-corrected chi connectivity index (χ2v) is 4.21. The van der Waals surface area contributed by atoms with E-state index in [0.29, 0.717) is 32.9 Å². The number of ether oxygens (including phenoxy) is 2. The van der Waals surface area contributed by atoms with E-state index < -0.39 is 0 Å². The molecule has 0 aromatic heterocycles. The molecule has 6 nitrogen and oxygen atoms in total. The highest BCUT2D eigenvalue weighted by Gasteiger charge is 2.24. The average Bonchev–Trinajstić information content (AvgIpc) is 2.90. The van der Waals surface area contributed by atoms with Crippen molar-refractivity contribution in [3.8, 4) is 0 Å². The normalized spacial score (nSPS) is 24.7. The summed E-state index contributed by atoms with van der Waals surface area (Å²) in [5.74, 6) is -0.233. The van der Waals surface area contributed by atoms with Crippen molar-refractivity contribution in [2.45, 2.75) is 18.9 Å². The quantitative estimate of drug-likeness (QED) is 0.699. The molecule has 2 aliphatic heterocycles. The number of nitrogens with zero attached hydrogens (tertiary/aromatic N) is 1. The molecule has 2 rings (SSSR count). The van der Waals surface area contributed by atoms with Crippen molar-refractivity contribution < 1.29 is 19.1 Å². The highest BCUT2D eigenvalue weighted by atomic mass is 16.5. The van der Waals surface area contributed by atoms with Gasteiger partial charge >= 0.3 is 0 Å². The van der Waals surface area contributed by atoms with Crippen LogP contribution in [0.2, 0.25) is 0 Å². The molecular formula is C11H18N2O4. The van der Waals surface area contributed by atoms with Crippen molar-refractivity contribution >= 4 is 11.8 Å². The molecule has 0 bridgehead atoms. The van der Waals surface area contributed by atoms with Gasteiger partial charge in [0.05, 0.1) is 19.8 Å². The van der Waals surface area contributed by atoms with Crippen molar-refractivity contribution in [3.63, 3.8) is 0 Å². The summed E-state index contributed by atoms with van der Waals surface area (Å²) in [7, 11) is 0. The van der Waals surface area contributed by atoms with Gasteiger partial charge in [0.2, 0.25) is 11.8 Å². The molecule has 2 heterocycles. The van der Waals surface area contributed by atoms with Crippen LogP contribution in [0.5, 0.6) is 0 Å². The first-order valence-corrected chi connectivity index (χ1v) is 6.02. The lowest BCUT2D eigenvalue weighted by molar-refractivity contribution is -0.138. The van der Waals surface area contributed by atoms with E-state index in [1.165, 1.54) is 0 Å². The van der Waals surface area contributed by atoms with Gasteiger partial charge in [0.15, 0.2) is 0 Å². The fraction of sp³-hybridized carbons (Fsp3) is 0.818. The van der Waals surface area contributed by atoms with Crippen LogP contribution in [-0.2, 0) is 19.1 Å². The summed E-state index contributed by atoms with van der Waals surface area (Å²) in [6.07, 6.45) is 1.29. The predicted molar refractivity (Wildman–Crippen MR) is 59.4 cm³/mol. The first-order valence-electron chi connectivity index (χ1n) is 6.02. The molecule has 0 aromatic carbocycles. The van der Waals surface area contributed by atoms with Gasteiger partial charge in [-0.15, -0.1) is 0 Å². The number of hydrogen-bond donors (Lipinski definition) is 1. The SMILES string of the molecule is O=C(NCC(=O)N1CCOCC1)C1CCCO1. The Morgan fingerprint density at radius 2 is 2.00 bits per heavy atom. The van der Waals surface area contributed by atoms with Crippen molar-refractivity contribution in [1.82, 2.24) is 10.2 Å². The first-order chi connectivity index (χ1) is 8.27. The number of carbonyl (C=O) groups excluding carboxylic acids is 2. The second kappa shape index (κ2) is 5.97. The molecule has 17 heavy (non-hydrogen) atoms. The minimum atomic E-state index is -0.368. The minimum Gasteiger partial charge on any atom is -0.378 e. The van der Waals surface area contributed by atoms with E-state index >= 15 is 0 Å². The lowest BCUT2D eigenvalue weighted by Crippen LogP contribution is -2.47. The number of rotatable bonds is 3. The summed E-state index contributed by atoms with van der Waals surface area (Å²) < 4.78 is 10.4. The molecule has 0 spiro atoms. The van der Waals surface area contributed by atoms with Crippen LogP contribution < -0.4 is 5.32 Å². The van der Waals surface area contributed by atoms with Gasteiger partial charge in [-0.2, -0.15) is 0 Å². The molecule has 2 amide bonds. The maximum Gasteiger partial charge on any atom is 0.249 e.